The van der Waals surface area contributed by atoms with E-state index in [2.05, 4.69) is 199 Å². The highest BCUT2D eigenvalue weighted by Gasteiger charge is 2.23. The topological polar surface area (TPSA) is 56.7 Å². The van der Waals surface area contributed by atoms with Gasteiger partial charge >= 0.3 is 0 Å². The SMILES string of the molecule is c1ccc(-c2nc(-c3ccccc3-c3ccccc3)nc(-c3ccc(-n4c5ccccc5c5cc6ccccc6cc54)cc3-c3cccc4oc5ccc6ccccc6c5c34)n2)cc1. The minimum Gasteiger partial charge on any atom is -0.456 e. The first kappa shape index (κ1) is 36.0. The van der Waals surface area contributed by atoms with E-state index in [-0.39, 0.29) is 0 Å². The lowest BCUT2D eigenvalue weighted by Gasteiger charge is -2.17. The fraction of sp³-hybridized carbons (Fsp3) is 0. The third-order valence-electron chi connectivity index (χ3n) is 12.6. The van der Waals surface area contributed by atoms with Crippen LogP contribution in [0.3, 0.4) is 0 Å². The summed E-state index contributed by atoms with van der Waals surface area (Å²) >= 11 is 0. The molecule has 0 atom stereocenters. The summed E-state index contributed by atoms with van der Waals surface area (Å²) in [4.78, 5) is 16.0. The number of fused-ring (bicyclic) bond motifs is 9. The van der Waals surface area contributed by atoms with Crippen LogP contribution in [0, 0.1) is 0 Å². The Morgan fingerprint density at radius 3 is 1.70 bits per heavy atom. The number of aromatic nitrogens is 4. The fourth-order valence-electron chi connectivity index (χ4n) is 9.71. The van der Waals surface area contributed by atoms with Crippen LogP contribution in [0.2, 0.25) is 0 Å². The molecule has 0 saturated heterocycles. The molecule has 3 aromatic heterocycles. The molecule has 0 fully saturated rings. The molecule has 10 aromatic carbocycles. The van der Waals surface area contributed by atoms with Crippen molar-refractivity contribution in [2.45, 2.75) is 0 Å². The van der Waals surface area contributed by atoms with Gasteiger partial charge in [0.15, 0.2) is 17.5 Å². The Balaban J connectivity index is 1.13. The van der Waals surface area contributed by atoms with Crippen LogP contribution in [0.25, 0.3) is 127 Å². The molecule has 0 aliphatic rings. The molecule has 0 aliphatic carbocycles. The summed E-state index contributed by atoms with van der Waals surface area (Å²) in [5, 5.41) is 9.26. The summed E-state index contributed by atoms with van der Waals surface area (Å²) in [7, 11) is 0. The molecule has 5 nitrogen and oxygen atoms in total. The second kappa shape index (κ2) is 14.5. The third-order valence-corrected chi connectivity index (χ3v) is 12.6. The lowest BCUT2D eigenvalue weighted by molar-refractivity contribution is 0.669. The Hall–Kier alpha value is -8.67. The molecule has 0 aliphatic heterocycles. The minimum absolute atomic E-state index is 0.580. The number of benzene rings is 10. The zero-order valence-electron chi connectivity index (χ0n) is 34.5. The summed E-state index contributed by atoms with van der Waals surface area (Å²) in [5.41, 5.74) is 11.9. The first-order valence-corrected chi connectivity index (χ1v) is 21.6. The Labute approximate surface area is 368 Å². The van der Waals surface area contributed by atoms with Gasteiger partial charge in [0.05, 0.1) is 11.0 Å². The van der Waals surface area contributed by atoms with Crippen molar-refractivity contribution in [2.75, 3.05) is 0 Å². The van der Waals surface area contributed by atoms with Gasteiger partial charge in [0.2, 0.25) is 0 Å². The maximum absolute atomic E-state index is 6.69. The minimum atomic E-state index is 0.580. The summed E-state index contributed by atoms with van der Waals surface area (Å²) in [6.45, 7) is 0. The van der Waals surface area contributed by atoms with Crippen molar-refractivity contribution in [3.8, 4) is 62.1 Å². The van der Waals surface area contributed by atoms with Gasteiger partial charge in [-0.15, -0.1) is 0 Å². The van der Waals surface area contributed by atoms with E-state index in [1.807, 2.05) is 24.3 Å². The quantitative estimate of drug-likeness (QED) is 0.168. The van der Waals surface area contributed by atoms with E-state index in [1.54, 1.807) is 0 Å². The second-order valence-electron chi connectivity index (χ2n) is 16.3. The Morgan fingerprint density at radius 2 is 0.906 bits per heavy atom. The van der Waals surface area contributed by atoms with Crippen LogP contribution >= 0.6 is 0 Å². The lowest BCUT2D eigenvalue weighted by Crippen LogP contribution is -2.03. The molecule has 64 heavy (non-hydrogen) atoms. The molecule has 0 amide bonds. The van der Waals surface area contributed by atoms with Crippen LogP contribution < -0.4 is 0 Å². The maximum atomic E-state index is 6.69. The van der Waals surface area contributed by atoms with Gasteiger partial charge in [-0.3, -0.25) is 0 Å². The van der Waals surface area contributed by atoms with Crippen molar-refractivity contribution in [1.82, 2.24) is 19.5 Å². The molecule has 5 heteroatoms. The van der Waals surface area contributed by atoms with Crippen LogP contribution in [-0.2, 0) is 0 Å². The van der Waals surface area contributed by atoms with Crippen LogP contribution in [0.1, 0.15) is 0 Å². The molecule has 0 unspecified atom stereocenters. The van der Waals surface area contributed by atoms with Crippen molar-refractivity contribution < 1.29 is 4.42 Å². The second-order valence-corrected chi connectivity index (χ2v) is 16.3. The van der Waals surface area contributed by atoms with Crippen molar-refractivity contribution in [3.05, 3.63) is 218 Å². The predicted molar refractivity (Wildman–Crippen MR) is 264 cm³/mol. The predicted octanol–water partition coefficient (Wildman–Crippen LogP) is 15.5. The molecule has 0 N–H and O–H groups in total. The standard InChI is InChI=1S/C59H36N4O/c1-3-16-37(17-4-1)43-23-11-12-26-47(43)58-60-57(39-19-5-2-6-20-39)61-59(62-58)48-32-31-42(63-51-28-14-13-25-45(51)50-34-40-21-7-8-22-41(40)35-52(50)63)36-49(48)46-27-15-29-53-56(46)55-44-24-10-9-18-38(44)30-33-54(55)64-53/h1-36H. The van der Waals surface area contributed by atoms with E-state index < -0.39 is 0 Å². The molecular weight excluding hydrogens is 781 g/mol. The molecule has 13 aromatic rings. The van der Waals surface area contributed by atoms with Crippen LogP contribution in [0.5, 0.6) is 0 Å². The van der Waals surface area contributed by atoms with E-state index >= 15 is 0 Å². The van der Waals surface area contributed by atoms with Gasteiger partial charge < -0.3 is 8.98 Å². The smallest absolute Gasteiger partial charge is 0.164 e. The van der Waals surface area contributed by atoms with E-state index in [4.69, 9.17) is 19.4 Å². The molecule has 0 radical (unpaired) electrons. The van der Waals surface area contributed by atoms with Gasteiger partial charge in [0, 0.05) is 43.9 Å². The average Bonchev–Trinajstić information content (AvgIpc) is 3.92. The molecule has 0 spiro atoms. The largest absolute Gasteiger partial charge is 0.456 e. The molecule has 0 bridgehead atoms. The summed E-state index contributed by atoms with van der Waals surface area (Å²) in [6, 6.07) is 76.9. The summed E-state index contributed by atoms with van der Waals surface area (Å²) in [6.07, 6.45) is 0. The molecule has 3 heterocycles. The average molecular weight is 817 g/mol. The first-order chi connectivity index (χ1) is 31.7. The molecular formula is C59H36N4O. The highest BCUT2D eigenvalue weighted by atomic mass is 16.3. The summed E-state index contributed by atoms with van der Waals surface area (Å²) in [5.74, 6) is 1.78. The highest BCUT2D eigenvalue weighted by Crippen LogP contribution is 2.45. The first-order valence-electron chi connectivity index (χ1n) is 21.6. The van der Waals surface area contributed by atoms with Gasteiger partial charge in [0.1, 0.15) is 11.2 Å². The summed E-state index contributed by atoms with van der Waals surface area (Å²) < 4.78 is 9.09. The number of rotatable bonds is 6. The van der Waals surface area contributed by atoms with Gasteiger partial charge in [-0.25, -0.2) is 15.0 Å². The van der Waals surface area contributed by atoms with Crippen LogP contribution in [0.4, 0.5) is 0 Å². The lowest BCUT2D eigenvalue weighted by atomic mass is 9.93. The van der Waals surface area contributed by atoms with Crippen LogP contribution in [0.15, 0.2) is 223 Å². The molecule has 0 saturated carbocycles. The zero-order chi connectivity index (χ0) is 42.1. The normalized spacial score (nSPS) is 11.8. The Morgan fingerprint density at radius 1 is 0.312 bits per heavy atom. The van der Waals surface area contributed by atoms with Crippen molar-refractivity contribution in [1.29, 1.82) is 0 Å². The van der Waals surface area contributed by atoms with E-state index in [9.17, 15) is 0 Å². The number of hydrogen-bond acceptors (Lipinski definition) is 4. The number of nitrogens with zero attached hydrogens (tertiary/aromatic N) is 4. The van der Waals surface area contributed by atoms with Gasteiger partial charge in [-0.1, -0.05) is 170 Å². The van der Waals surface area contributed by atoms with Gasteiger partial charge in [-0.05, 0) is 92.3 Å². The van der Waals surface area contributed by atoms with Crippen LogP contribution in [-0.4, -0.2) is 19.5 Å². The van der Waals surface area contributed by atoms with E-state index in [0.29, 0.717) is 17.5 Å². The number of furan rings is 1. The number of para-hydroxylation sites is 1. The fourth-order valence-corrected chi connectivity index (χ4v) is 9.71. The van der Waals surface area contributed by atoms with Crippen molar-refractivity contribution in [3.63, 3.8) is 0 Å². The Bertz CT molecular complexity index is 3960. The molecule has 298 valence electrons. The van der Waals surface area contributed by atoms with Gasteiger partial charge in [0.25, 0.3) is 0 Å². The highest BCUT2D eigenvalue weighted by molar-refractivity contribution is 6.23. The molecule has 13 rings (SSSR count). The third kappa shape index (κ3) is 5.75. The van der Waals surface area contributed by atoms with E-state index in [0.717, 1.165) is 88.4 Å². The van der Waals surface area contributed by atoms with Gasteiger partial charge in [-0.2, -0.15) is 0 Å². The van der Waals surface area contributed by atoms with Crippen molar-refractivity contribution in [2.24, 2.45) is 0 Å². The number of hydrogen-bond donors (Lipinski definition) is 0. The maximum Gasteiger partial charge on any atom is 0.164 e. The zero-order valence-corrected chi connectivity index (χ0v) is 34.5. The van der Waals surface area contributed by atoms with Crippen molar-refractivity contribution >= 4 is 65.3 Å². The Kier molecular flexibility index (Phi) is 8.15. The van der Waals surface area contributed by atoms with E-state index in [1.165, 1.54) is 21.5 Å². The monoisotopic (exact) mass is 816 g/mol.